The van der Waals surface area contributed by atoms with Crippen LogP contribution in [0.3, 0.4) is 0 Å². The summed E-state index contributed by atoms with van der Waals surface area (Å²) in [6, 6.07) is 8.97. The molecular weight excluding hydrogens is 292 g/mol. The molecule has 3 atom stereocenters. The molecule has 0 bridgehead atoms. The number of rotatable bonds is 5. The van der Waals surface area contributed by atoms with E-state index in [0.717, 1.165) is 12.8 Å². The molecule has 5 nitrogen and oxygen atoms in total. The van der Waals surface area contributed by atoms with E-state index in [2.05, 4.69) is 5.32 Å². The molecule has 0 spiro atoms. The minimum atomic E-state index is -0.225. The Bertz CT molecular complexity index is 532. The van der Waals surface area contributed by atoms with E-state index in [1.807, 2.05) is 36.9 Å². The summed E-state index contributed by atoms with van der Waals surface area (Å²) in [5, 5.41) is 12.2. The molecule has 3 unspecified atom stereocenters. The van der Waals surface area contributed by atoms with Crippen LogP contribution in [0.4, 0.5) is 0 Å². The molecule has 0 aromatic heterocycles. The second-order valence-electron chi connectivity index (χ2n) is 6.47. The standard InChI is InChI=1S/C18H26N2O3/c1-13(19-18(23)16-6-4-3-5-7-16)10-17(22)20-11-15(12-21)9-8-14(20)2/h3-7,13-15,21H,8-12H2,1-2H3,(H,19,23). The molecule has 1 aliphatic heterocycles. The van der Waals surface area contributed by atoms with Crippen LogP contribution in [-0.4, -0.2) is 47.1 Å². The van der Waals surface area contributed by atoms with Crippen LogP contribution in [-0.2, 0) is 4.79 Å². The van der Waals surface area contributed by atoms with Gasteiger partial charge in [-0.3, -0.25) is 9.59 Å². The van der Waals surface area contributed by atoms with Crippen molar-refractivity contribution in [3.05, 3.63) is 35.9 Å². The Hall–Kier alpha value is -1.88. The number of aliphatic hydroxyl groups excluding tert-OH is 1. The van der Waals surface area contributed by atoms with Crippen LogP contribution >= 0.6 is 0 Å². The third kappa shape index (κ3) is 4.79. The molecule has 2 N–H and O–H groups in total. The quantitative estimate of drug-likeness (QED) is 0.870. The van der Waals surface area contributed by atoms with Crippen molar-refractivity contribution in [2.45, 2.75) is 45.2 Å². The largest absolute Gasteiger partial charge is 0.396 e. The Morgan fingerprint density at radius 2 is 2.00 bits per heavy atom. The van der Waals surface area contributed by atoms with Crippen LogP contribution < -0.4 is 5.32 Å². The van der Waals surface area contributed by atoms with Crippen LogP contribution in [0.15, 0.2) is 30.3 Å². The zero-order chi connectivity index (χ0) is 16.8. The lowest BCUT2D eigenvalue weighted by Crippen LogP contribution is -2.48. The van der Waals surface area contributed by atoms with Crippen LogP contribution in [0, 0.1) is 5.92 Å². The van der Waals surface area contributed by atoms with Gasteiger partial charge in [0.1, 0.15) is 0 Å². The molecular formula is C18H26N2O3. The summed E-state index contributed by atoms with van der Waals surface area (Å²) in [5.74, 6) is 0.0479. The fourth-order valence-corrected chi connectivity index (χ4v) is 3.01. The lowest BCUT2D eigenvalue weighted by molar-refractivity contribution is -0.136. The summed E-state index contributed by atoms with van der Waals surface area (Å²) in [5.41, 5.74) is 0.596. The van der Waals surface area contributed by atoms with Gasteiger partial charge in [-0.1, -0.05) is 18.2 Å². The first-order chi connectivity index (χ1) is 11.0. The highest BCUT2D eigenvalue weighted by Crippen LogP contribution is 2.22. The van der Waals surface area contributed by atoms with Gasteiger partial charge < -0.3 is 15.3 Å². The molecule has 2 rings (SSSR count). The second kappa shape index (κ2) is 8.11. The van der Waals surface area contributed by atoms with Gasteiger partial charge in [-0.25, -0.2) is 0 Å². The maximum absolute atomic E-state index is 12.5. The molecule has 1 aliphatic rings. The van der Waals surface area contributed by atoms with Gasteiger partial charge >= 0.3 is 0 Å². The van der Waals surface area contributed by atoms with Gasteiger partial charge in [0.15, 0.2) is 0 Å². The van der Waals surface area contributed by atoms with Crippen LogP contribution in [0.2, 0.25) is 0 Å². The van der Waals surface area contributed by atoms with Crippen LogP contribution in [0.1, 0.15) is 43.5 Å². The van der Waals surface area contributed by atoms with E-state index in [4.69, 9.17) is 0 Å². The van der Waals surface area contributed by atoms with Gasteiger partial charge in [0.05, 0.1) is 0 Å². The Morgan fingerprint density at radius 3 is 2.65 bits per heavy atom. The topological polar surface area (TPSA) is 69.6 Å². The molecule has 0 aliphatic carbocycles. The van der Waals surface area contributed by atoms with E-state index in [0.29, 0.717) is 12.1 Å². The molecule has 0 radical (unpaired) electrons. The summed E-state index contributed by atoms with van der Waals surface area (Å²) in [6.07, 6.45) is 2.16. The monoisotopic (exact) mass is 318 g/mol. The Labute approximate surface area is 137 Å². The highest BCUT2D eigenvalue weighted by molar-refractivity contribution is 5.94. The highest BCUT2D eigenvalue weighted by Gasteiger charge is 2.29. The number of hydrogen-bond donors (Lipinski definition) is 2. The van der Waals surface area contributed by atoms with Gasteiger partial charge in [-0.15, -0.1) is 0 Å². The van der Waals surface area contributed by atoms with Crippen molar-refractivity contribution in [2.75, 3.05) is 13.2 Å². The molecule has 1 aromatic rings. The van der Waals surface area contributed by atoms with E-state index in [-0.39, 0.29) is 42.8 Å². The lowest BCUT2D eigenvalue weighted by atomic mass is 9.93. The van der Waals surface area contributed by atoms with Gasteiger partial charge in [0.2, 0.25) is 5.91 Å². The Morgan fingerprint density at radius 1 is 1.30 bits per heavy atom. The zero-order valence-corrected chi connectivity index (χ0v) is 13.9. The number of nitrogens with one attached hydrogen (secondary N) is 1. The summed E-state index contributed by atoms with van der Waals surface area (Å²) >= 11 is 0. The molecule has 0 saturated carbocycles. The van der Waals surface area contributed by atoms with Crippen molar-refractivity contribution in [3.8, 4) is 0 Å². The first kappa shape index (κ1) is 17.5. The normalized spacial score (nSPS) is 22.5. The second-order valence-corrected chi connectivity index (χ2v) is 6.47. The third-order valence-electron chi connectivity index (χ3n) is 4.45. The number of carbonyl (C=O) groups excluding carboxylic acids is 2. The molecule has 5 heteroatoms. The van der Waals surface area contributed by atoms with Crippen LogP contribution in [0.5, 0.6) is 0 Å². The smallest absolute Gasteiger partial charge is 0.251 e. The summed E-state index contributed by atoms with van der Waals surface area (Å²) < 4.78 is 0. The first-order valence-electron chi connectivity index (χ1n) is 8.27. The van der Waals surface area contributed by atoms with E-state index in [1.54, 1.807) is 12.1 Å². The Kier molecular flexibility index (Phi) is 6.16. The van der Waals surface area contributed by atoms with E-state index in [1.165, 1.54) is 0 Å². The average Bonchev–Trinajstić information content (AvgIpc) is 2.55. The highest BCUT2D eigenvalue weighted by atomic mass is 16.3. The van der Waals surface area contributed by atoms with Crippen LogP contribution in [0.25, 0.3) is 0 Å². The maximum Gasteiger partial charge on any atom is 0.251 e. The number of amides is 2. The summed E-state index contributed by atoms with van der Waals surface area (Å²) in [7, 11) is 0. The minimum absolute atomic E-state index is 0.0384. The van der Waals surface area contributed by atoms with Crippen molar-refractivity contribution in [3.63, 3.8) is 0 Å². The van der Waals surface area contributed by atoms with E-state index >= 15 is 0 Å². The molecule has 126 valence electrons. The lowest BCUT2D eigenvalue weighted by Gasteiger charge is -2.38. The van der Waals surface area contributed by atoms with Crippen molar-refractivity contribution < 1.29 is 14.7 Å². The molecule has 2 amide bonds. The third-order valence-corrected chi connectivity index (χ3v) is 4.45. The number of piperidine rings is 1. The minimum Gasteiger partial charge on any atom is -0.396 e. The van der Waals surface area contributed by atoms with Crippen molar-refractivity contribution in [1.82, 2.24) is 10.2 Å². The fraction of sp³-hybridized carbons (Fsp3) is 0.556. The van der Waals surface area contributed by atoms with Crippen molar-refractivity contribution >= 4 is 11.8 Å². The fourth-order valence-electron chi connectivity index (χ4n) is 3.01. The van der Waals surface area contributed by atoms with Gasteiger partial charge in [-0.2, -0.15) is 0 Å². The van der Waals surface area contributed by atoms with Gasteiger partial charge in [-0.05, 0) is 44.7 Å². The predicted octanol–water partition coefficient (Wildman–Crippen LogP) is 1.81. The summed E-state index contributed by atoms with van der Waals surface area (Å²) in [4.78, 5) is 26.4. The molecule has 1 fully saturated rings. The molecule has 23 heavy (non-hydrogen) atoms. The average molecular weight is 318 g/mol. The van der Waals surface area contributed by atoms with Gasteiger partial charge in [0.25, 0.3) is 5.91 Å². The Balaban J connectivity index is 1.87. The van der Waals surface area contributed by atoms with Gasteiger partial charge in [0, 0.05) is 37.2 Å². The van der Waals surface area contributed by atoms with E-state index < -0.39 is 0 Å². The number of aliphatic hydroxyl groups is 1. The maximum atomic E-state index is 12.5. The number of carbonyl (C=O) groups is 2. The molecule has 1 heterocycles. The van der Waals surface area contributed by atoms with E-state index in [9.17, 15) is 14.7 Å². The van der Waals surface area contributed by atoms with Crippen molar-refractivity contribution in [2.24, 2.45) is 5.92 Å². The van der Waals surface area contributed by atoms with Crippen molar-refractivity contribution in [1.29, 1.82) is 0 Å². The number of likely N-dealkylation sites (tertiary alicyclic amines) is 1. The molecule has 1 aromatic carbocycles. The SMILES string of the molecule is CC(CC(=O)N1CC(CO)CCC1C)NC(=O)c1ccccc1. The first-order valence-corrected chi connectivity index (χ1v) is 8.27. The predicted molar refractivity (Wildman–Crippen MR) is 89.0 cm³/mol. The molecule has 1 saturated heterocycles. The number of nitrogens with zero attached hydrogens (tertiary/aromatic N) is 1. The summed E-state index contributed by atoms with van der Waals surface area (Å²) in [6.45, 7) is 4.61. The number of benzene rings is 1. The zero-order valence-electron chi connectivity index (χ0n) is 13.9. The number of hydrogen-bond acceptors (Lipinski definition) is 3.